The molecule has 0 radical (unpaired) electrons. The summed E-state index contributed by atoms with van der Waals surface area (Å²) in [6.07, 6.45) is 4.83. The van der Waals surface area contributed by atoms with Crippen molar-refractivity contribution in [3.8, 4) is 0 Å². The van der Waals surface area contributed by atoms with Crippen LogP contribution in [-0.2, 0) is 16.0 Å². The maximum atomic E-state index is 13.6. The number of carbonyl (C=O) groups is 2. The number of ether oxygens (including phenoxy) is 2. The van der Waals surface area contributed by atoms with Crippen molar-refractivity contribution in [1.82, 2.24) is 14.5 Å². The van der Waals surface area contributed by atoms with E-state index in [2.05, 4.69) is 4.98 Å². The summed E-state index contributed by atoms with van der Waals surface area (Å²) in [5.74, 6) is -0.114. The molecule has 3 aromatic rings. The van der Waals surface area contributed by atoms with Gasteiger partial charge in [0.2, 0.25) is 0 Å². The molecule has 0 bridgehead atoms. The minimum atomic E-state index is -0.942. The Kier molecular flexibility index (Phi) is 5.78. The summed E-state index contributed by atoms with van der Waals surface area (Å²) in [5.41, 5.74) is 1.25. The molecule has 33 heavy (non-hydrogen) atoms. The third kappa shape index (κ3) is 4.44. The fourth-order valence-corrected chi connectivity index (χ4v) is 4.42. The molecule has 1 spiro atoms. The van der Waals surface area contributed by atoms with E-state index >= 15 is 0 Å². The van der Waals surface area contributed by atoms with Crippen LogP contribution in [0, 0.1) is 0 Å². The molecule has 2 amide bonds. The first kappa shape index (κ1) is 21.5. The molecular weight excluding hydrogens is 444 g/mol. The lowest BCUT2D eigenvalue weighted by Gasteiger charge is -2.30. The molecule has 3 heterocycles. The molecule has 0 unspecified atom stereocenters. The van der Waals surface area contributed by atoms with Crippen LogP contribution in [0.3, 0.4) is 0 Å². The van der Waals surface area contributed by atoms with Gasteiger partial charge < -0.3 is 18.9 Å². The number of anilines is 1. The lowest BCUT2D eigenvalue weighted by Crippen LogP contribution is -2.49. The van der Waals surface area contributed by atoms with Crippen LogP contribution in [0.1, 0.15) is 15.9 Å². The monoisotopic (exact) mass is 466 g/mol. The van der Waals surface area contributed by atoms with Gasteiger partial charge in [0.25, 0.3) is 5.91 Å². The average Bonchev–Trinajstić information content (AvgIpc) is 3.38. The second kappa shape index (κ2) is 8.88. The van der Waals surface area contributed by atoms with E-state index in [1.807, 2.05) is 35.0 Å². The number of hydrogen-bond acceptors (Lipinski definition) is 5. The first-order chi connectivity index (χ1) is 16.0. The third-order valence-electron chi connectivity index (χ3n) is 5.91. The van der Waals surface area contributed by atoms with Crippen LogP contribution >= 0.6 is 11.6 Å². The molecule has 1 atom stereocenters. The number of hydrogen-bond donors (Lipinski definition) is 0. The number of imidazole rings is 1. The molecule has 2 fully saturated rings. The number of benzene rings is 2. The highest BCUT2D eigenvalue weighted by Gasteiger charge is 2.49. The maximum Gasteiger partial charge on any atom is 0.415 e. The molecule has 2 aliphatic heterocycles. The molecule has 0 saturated carbocycles. The van der Waals surface area contributed by atoms with Crippen molar-refractivity contribution in [2.75, 3.05) is 37.7 Å². The molecule has 2 aromatic carbocycles. The minimum Gasteiger partial charge on any atom is -0.436 e. The molecule has 9 heteroatoms. The SMILES string of the molecule is O=C(c1ccccc1Cn1ccnc1)N1CCOC[C@@]2(C1)CN(c1ccc(Cl)cc1)C(=O)O2. The number of amides is 2. The standard InChI is InChI=1S/C24H23ClN4O4/c25-19-5-7-20(8-6-19)29-15-24(33-23(29)31)14-28(11-12-32-16-24)22(30)21-4-2-1-3-18(21)13-27-10-9-26-17-27/h1-10,17H,11-16H2/t24-/m1/s1. The zero-order valence-electron chi connectivity index (χ0n) is 17.9. The Hall–Kier alpha value is -3.36. The van der Waals surface area contributed by atoms with Crippen molar-refractivity contribution < 1.29 is 19.1 Å². The topological polar surface area (TPSA) is 76.9 Å². The highest BCUT2D eigenvalue weighted by Crippen LogP contribution is 2.31. The van der Waals surface area contributed by atoms with Crippen LogP contribution in [0.25, 0.3) is 0 Å². The average molecular weight is 467 g/mol. The van der Waals surface area contributed by atoms with E-state index in [0.29, 0.717) is 36.0 Å². The summed E-state index contributed by atoms with van der Waals surface area (Å²) in [7, 11) is 0. The highest BCUT2D eigenvalue weighted by atomic mass is 35.5. The van der Waals surface area contributed by atoms with Crippen LogP contribution in [0.15, 0.2) is 67.3 Å². The number of nitrogens with zero attached hydrogens (tertiary/aromatic N) is 4. The van der Waals surface area contributed by atoms with Crippen molar-refractivity contribution in [3.63, 3.8) is 0 Å². The Balaban J connectivity index is 1.38. The van der Waals surface area contributed by atoms with Gasteiger partial charge in [-0.25, -0.2) is 9.78 Å². The Labute approximate surface area is 196 Å². The molecule has 0 aliphatic carbocycles. The summed E-state index contributed by atoms with van der Waals surface area (Å²) in [5, 5.41) is 0.588. The predicted molar refractivity (Wildman–Crippen MR) is 123 cm³/mol. The molecule has 8 nitrogen and oxygen atoms in total. The summed E-state index contributed by atoms with van der Waals surface area (Å²) in [4.78, 5) is 33.7. The van der Waals surface area contributed by atoms with E-state index in [0.717, 1.165) is 5.56 Å². The van der Waals surface area contributed by atoms with Crippen molar-refractivity contribution in [2.45, 2.75) is 12.1 Å². The van der Waals surface area contributed by atoms with E-state index in [4.69, 9.17) is 21.1 Å². The largest absolute Gasteiger partial charge is 0.436 e. The van der Waals surface area contributed by atoms with E-state index < -0.39 is 11.7 Å². The van der Waals surface area contributed by atoms with Gasteiger partial charge in [-0.1, -0.05) is 29.8 Å². The Bertz CT molecular complexity index is 1150. The lowest BCUT2D eigenvalue weighted by molar-refractivity contribution is -0.0140. The van der Waals surface area contributed by atoms with Gasteiger partial charge in [-0.15, -0.1) is 0 Å². The smallest absolute Gasteiger partial charge is 0.415 e. The second-order valence-corrected chi connectivity index (χ2v) is 8.72. The van der Waals surface area contributed by atoms with E-state index in [1.54, 1.807) is 46.6 Å². The Morgan fingerprint density at radius 1 is 1.12 bits per heavy atom. The molecule has 1 aromatic heterocycles. The second-order valence-electron chi connectivity index (χ2n) is 8.29. The first-order valence-corrected chi connectivity index (χ1v) is 11.1. The zero-order valence-corrected chi connectivity index (χ0v) is 18.6. The number of halogens is 1. The molecule has 5 rings (SSSR count). The molecule has 170 valence electrons. The van der Waals surface area contributed by atoms with Gasteiger partial charge in [-0.05, 0) is 35.9 Å². The van der Waals surface area contributed by atoms with Crippen molar-refractivity contribution in [3.05, 3.63) is 83.4 Å². The van der Waals surface area contributed by atoms with Gasteiger partial charge in [0.15, 0.2) is 5.60 Å². The lowest BCUT2D eigenvalue weighted by atomic mass is 10.0. The van der Waals surface area contributed by atoms with Gasteiger partial charge in [0.1, 0.15) is 0 Å². The minimum absolute atomic E-state index is 0.114. The van der Waals surface area contributed by atoms with Crippen LogP contribution in [0.5, 0.6) is 0 Å². The quantitative estimate of drug-likeness (QED) is 0.588. The third-order valence-corrected chi connectivity index (χ3v) is 6.16. The molecule has 0 N–H and O–H groups in total. The van der Waals surface area contributed by atoms with Gasteiger partial charge in [-0.2, -0.15) is 0 Å². The highest BCUT2D eigenvalue weighted by molar-refractivity contribution is 6.30. The van der Waals surface area contributed by atoms with Crippen LogP contribution < -0.4 is 4.90 Å². The first-order valence-electron chi connectivity index (χ1n) is 10.7. The Morgan fingerprint density at radius 3 is 2.73 bits per heavy atom. The fraction of sp³-hybridized carbons (Fsp3) is 0.292. The molecule has 2 aliphatic rings. The van der Waals surface area contributed by atoms with Crippen LogP contribution in [0.2, 0.25) is 5.02 Å². The maximum absolute atomic E-state index is 13.6. The van der Waals surface area contributed by atoms with Crippen molar-refractivity contribution in [1.29, 1.82) is 0 Å². The number of carbonyl (C=O) groups excluding carboxylic acids is 2. The van der Waals surface area contributed by atoms with Gasteiger partial charge in [0, 0.05) is 41.8 Å². The molecular formula is C24H23ClN4O4. The van der Waals surface area contributed by atoms with E-state index in [9.17, 15) is 9.59 Å². The van der Waals surface area contributed by atoms with Crippen molar-refractivity contribution >= 4 is 29.3 Å². The van der Waals surface area contributed by atoms with E-state index in [-0.39, 0.29) is 25.6 Å². The van der Waals surface area contributed by atoms with Gasteiger partial charge in [-0.3, -0.25) is 9.69 Å². The van der Waals surface area contributed by atoms with E-state index in [1.165, 1.54) is 0 Å². The van der Waals surface area contributed by atoms with Gasteiger partial charge >= 0.3 is 6.09 Å². The van der Waals surface area contributed by atoms with Gasteiger partial charge in [0.05, 0.1) is 32.6 Å². The Morgan fingerprint density at radius 2 is 1.94 bits per heavy atom. The summed E-state index contributed by atoms with van der Waals surface area (Å²) in [6, 6.07) is 14.5. The predicted octanol–water partition coefficient (Wildman–Crippen LogP) is 3.45. The summed E-state index contributed by atoms with van der Waals surface area (Å²) >= 11 is 5.98. The number of aromatic nitrogens is 2. The number of rotatable bonds is 4. The zero-order chi connectivity index (χ0) is 22.8. The summed E-state index contributed by atoms with van der Waals surface area (Å²) in [6.45, 7) is 2.09. The normalized spacial score (nSPS) is 20.7. The fourth-order valence-electron chi connectivity index (χ4n) is 4.29. The van der Waals surface area contributed by atoms with Crippen LogP contribution in [-0.4, -0.2) is 64.9 Å². The van der Waals surface area contributed by atoms with Crippen LogP contribution in [0.4, 0.5) is 10.5 Å². The summed E-state index contributed by atoms with van der Waals surface area (Å²) < 4.78 is 13.5. The molecule has 2 saturated heterocycles. The van der Waals surface area contributed by atoms with Crippen molar-refractivity contribution in [2.24, 2.45) is 0 Å².